The molecule has 2 amide bonds. The largest absolute Gasteiger partial charge is 0.357 e. The topological polar surface area (TPSA) is 87.2 Å². The number of amides is 2. The number of rotatable bonds is 9. The molecule has 0 radical (unpaired) electrons. The summed E-state index contributed by atoms with van der Waals surface area (Å²) in [5.41, 5.74) is 3.79. The van der Waals surface area contributed by atoms with Crippen molar-refractivity contribution < 1.29 is 9.59 Å². The summed E-state index contributed by atoms with van der Waals surface area (Å²) in [5.74, 6) is 0.112. The Labute approximate surface area is 210 Å². The minimum absolute atomic E-state index is 0.0842. The number of carbonyl (C=O) groups is 2. The Bertz CT molecular complexity index is 1220. The highest BCUT2D eigenvalue weighted by molar-refractivity contribution is 6.33. The number of hydrogen-bond donors (Lipinski definition) is 2. The summed E-state index contributed by atoms with van der Waals surface area (Å²) in [6.07, 6.45) is 4.44. The van der Waals surface area contributed by atoms with Crippen molar-refractivity contribution in [2.45, 2.75) is 51.7 Å². The predicted octanol–water partition coefficient (Wildman–Crippen LogP) is 5.23. The lowest BCUT2D eigenvalue weighted by molar-refractivity contribution is -0.126. The van der Waals surface area contributed by atoms with Gasteiger partial charge in [-0.3, -0.25) is 9.59 Å². The zero-order valence-electron chi connectivity index (χ0n) is 20.2. The van der Waals surface area contributed by atoms with Crippen LogP contribution in [-0.4, -0.2) is 39.8 Å². The molecule has 1 aromatic heterocycles. The van der Waals surface area contributed by atoms with E-state index in [0.717, 1.165) is 36.0 Å². The molecule has 2 heterocycles. The molecule has 0 fully saturated rings. The van der Waals surface area contributed by atoms with E-state index in [1.807, 2.05) is 42.5 Å². The minimum atomic E-state index is -0.607. The fraction of sp³-hybridized carbons (Fsp3) is 0.333. The zero-order chi connectivity index (χ0) is 24.9. The second-order valence-corrected chi connectivity index (χ2v) is 9.14. The van der Waals surface area contributed by atoms with Gasteiger partial charge in [0.05, 0.1) is 23.0 Å². The van der Waals surface area contributed by atoms with Crippen molar-refractivity contribution in [3.8, 4) is 11.3 Å². The van der Waals surface area contributed by atoms with E-state index in [4.69, 9.17) is 11.6 Å². The van der Waals surface area contributed by atoms with Gasteiger partial charge in [-0.05, 0) is 30.5 Å². The number of aromatic nitrogens is 2. The van der Waals surface area contributed by atoms with Crippen LogP contribution in [0.4, 0.5) is 5.95 Å². The molecule has 182 valence electrons. The van der Waals surface area contributed by atoms with E-state index in [1.54, 1.807) is 24.9 Å². The molecule has 8 heteroatoms. The summed E-state index contributed by atoms with van der Waals surface area (Å²) in [4.78, 5) is 36.7. The van der Waals surface area contributed by atoms with Gasteiger partial charge in [-0.15, -0.1) is 0 Å². The van der Waals surface area contributed by atoms with Crippen LogP contribution in [0.2, 0.25) is 5.02 Å². The van der Waals surface area contributed by atoms with Crippen molar-refractivity contribution in [2.75, 3.05) is 12.4 Å². The standard InChI is InChI=1S/C27H30ClN5O2/c1-4-5-11-23(18-9-7-6-8-10-18)31-25(34)17(2)33-16-20-13-12-19(14-21(20)26(33)35)24-22(28)15-30-27(29-3)32-24/h6-10,12-15,17,23H,4-5,11,16H2,1-3H3,(H,31,34)(H,29,30,32)/t17-,23-/m1/s1. The summed E-state index contributed by atoms with van der Waals surface area (Å²) in [7, 11) is 1.73. The van der Waals surface area contributed by atoms with Crippen LogP contribution in [0, 0.1) is 0 Å². The number of carbonyl (C=O) groups excluding carboxylic acids is 2. The summed E-state index contributed by atoms with van der Waals surface area (Å²) in [6, 6.07) is 14.9. The number of nitrogens with zero attached hydrogens (tertiary/aromatic N) is 3. The van der Waals surface area contributed by atoms with Crippen molar-refractivity contribution in [3.63, 3.8) is 0 Å². The maximum atomic E-state index is 13.3. The molecule has 0 aliphatic carbocycles. The van der Waals surface area contributed by atoms with E-state index in [2.05, 4.69) is 27.5 Å². The van der Waals surface area contributed by atoms with E-state index in [9.17, 15) is 9.59 Å². The zero-order valence-corrected chi connectivity index (χ0v) is 21.0. The molecule has 4 rings (SSSR count). The van der Waals surface area contributed by atoms with Gasteiger partial charge in [0.25, 0.3) is 5.91 Å². The number of halogens is 1. The van der Waals surface area contributed by atoms with Gasteiger partial charge >= 0.3 is 0 Å². The van der Waals surface area contributed by atoms with Gasteiger partial charge in [0.2, 0.25) is 11.9 Å². The van der Waals surface area contributed by atoms with Crippen LogP contribution in [0.3, 0.4) is 0 Å². The monoisotopic (exact) mass is 491 g/mol. The third kappa shape index (κ3) is 5.30. The minimum Gasteiger partial charge on any atom is -0.357 e. The van der Waals surface area contributed by atoms with Crippen molar-refractivity contribution in [1.82, 2.24) is 20.2 Å². The Morgan fingerprint density at radius 1 is 1.20 bits per heavy atom. The summed E-state index contributed by atoms with van der Waals surface area (Å²) >= 11 is 6.33. The Balaban J connectivity index is 1.52. The average molecular weight is 492 g/mol. The smallest absolute Gasteiger partial charge is 0.255 e. The molecule has 1 aliphatic heterocycles. The van der Waals surface area contributed by atoms with Crippen LogP contribution in [0.15, 0.2) is 54.7 Å². The van der Waals surface area contributed by atoms with Gasteiger partial charge in [0.1, 0.15) is 6.04 Å². The predicted molar refractivity (Wildman–Crippen MR) is 138 cm³/mol. The van der Waals surface area contributed by atoms with Crippen molar-refractivity contribution in [2.24, 2.45) is 0 Å². The van der Waals surface area contributed by atoms with Crippen molar-refractivity contribution in [3.05, 3.63) is 76.4 Å². The number of nitrogens with one attached hydrogen (secondary N) is 2. The summed E-state index contributed by atoms with van der Waals surface area (Å²) in [5, 5.41) is 6.48. The highest BCUT2D eigenvalue weighted by atomic mass is 35.5. The Morgan fingerprint density at radius 2 is 1.97 bits per heavy atom. The van der Waals surface area contributed by atoms with Crippen LogP contribution in [0.5, 0.6) is 0 Å². The lowest BCUT2D eigenvalue weighted by Gasteiger charge is -2.27. The lowest BCUT2D eigenvalue weighted by Crippen LogP contribution is -2.46. The molecule has 3 aromatic rings. The highest BCUT2D eigenvalue weighted by Crippen LogP contribution is 2.32. The van der Waals surface area contributed by atoms with Crippen LogP contribution in [0.1, 0.15) is 60.6 Å². The molecule has 0 spiro atoms. The Hall–Kier alpha value is -3.45. The number of benzene rings is 2. The highest BCUT2D eigenvalue weighted by Gasteiger charge is 2.35. The quantitative estimate of drug-likeness (QED) is 0.428. The van der Waals surface area contributed by atoms with E-state index < -0.39 is 6.04 Å². The molecule has 2 aromatic carbocycles. The molecule has 35 heavy (non-hydrogen) atoms. The van der Waals surface area contributed by atoms with Crippen LogP contribution >= 0.6 is 11.6 Å². The molecule has 0 saturated carbocycles. The van der Waals surface area contributed by atoms with Crippen LogP contribution in [0.25, 0.3) is 11.3 Å². The first-order chi connectivity index (χ1) is 16.9. The number of unbranched alkanes of at least 4 members (excludes halogenated alkanes) is 1. The fourth-order valence-corrected chi connectivity index (χ4v) is 4.52. The van der Waals surface area contributed by atoms with Gasteiger partial charge < -0.3 is 15.5 Å². The molecule has 7 nitrogen and oxygen atoms in total. The second kappa shape index (κ2) is 10.9. The SMILES string of the molecule is CCCC[C@@H](NC(=O)[C@@H](C)N1Cc2ccc(-c3nc(NC)ncc3Cl)cc2C1=O)c1ccccc1. The van der Waals surface area contributed by atoms with Crippen molar-refractivity contribution >= 4 is 29.4 Å². The average Bonchev–Trinajstić information content (AvgIpc) is 3.22. The summed E-state index contributed by atoms with van der Waals surface area (Å²) in [6.45, 7) is 4.30. The normalized spacial score (nSPS) is 14.4. The second-order valence-electron chi connectivity index (χ2n) is 8.74. The molecule has 2 atom stereocenters. The molecule has 0 saturated heterocycles. The molecule has 0 bridgehead atoms. The maximum absolute atomic E-state index is 13.3. The number of hydrogen-bond acceptors (Lipinski definition) is 5. The number of fused-ring (bicyclic) bond motifs is 1. The van der Waals surface area contributed by atoms with Crippen LogP contribution in [-0.2, 0) is 11.3 Å². The first kappa shape index (κ1) is 24.7. The van der Waals surface area contributed by atoms with E-state index in [0.29, 0.717) is 28.8 Å². The van der Waals surface area contributed by atoms with Crippen LogP contribution < -0.4 is 10.6 Å². The molecular formula is C27H30ClN5O2. The third-order valence-electron chi connectivity index (χ3n) is 6.39. The molecule has 1 aliphatic rings. The van der Waals surface area contributed by atoms with Gasteiger partial charge in [0, 0.05) is 24.7 Å². The van der Waals surface area contributed by atoms with Gasteiger partial charge in [-0.1, -0.05) is 73.8 Å². The fourth-order valence-electron chi connectivity index (χ4n) is 4.32. The first-order valence-corrected chi connectivity index (χ1v) is 12.3. The molecule has 2 N–H and O–H groups in total. The first-order valence-electron chi connectivity index (χ1n) is 11.9. The molecule has 0 unspecified atom stereocenters. The van der Waals surface area contributed by atoms with E-state index in [-0.39, 0.29) is 17.9 Å². The Kier molecular flexibility index (Phi) is 7.66. The number of anilines is 1. The van der Waals surface area contributed by atoms with Crippen molar-refractivity contribution in [1.29, 1.82) is 0 Å². The van der Waals surface area contributed by atoms with Gasteiger partial charge in [0.15, 0.2) is 0 Å². The molecular weight excluding hydrogens is 462 g/mol. The lowest BCUT2D eigenvalue weighted by atomic mass is 10.0. The van der Waals surface area contributed by atoms with Gasteiger partial charge in [-0.2, -0.15) is 0 Å². The summed E-state index contributed by atoms with van der Waals surface area (Å²) < 4.78 is 0. The van der Waals surface area contributed by atoms with E-state index in [1.165, 1.54) is 6.20 Å². The maximum Gasteiger partial charge on any atom is 0.255 e. The van der Waals surface area contributed by atoms with Gasteiger partial charge in [-0.25, -0.2) is 9.97 Å². The third-order valence-corrected chi connectivity index (χ3v) is 6.67. The Morgan fingerprint density at radius 3 is 2.69 bits per heavy atom. The van der Waals surface area contributed by atoms with E-state index >= 15 is 0 Å².